The smallest absolute Gasteiger partial charge is 0.329 e. The molecule has 26 heavy (non-hydrogen) atoms. The van der Waals surface area contributed by atoms with Crippen molar-refractivity contribution >= 4 is 28.8 Å². The summed E-state index contributed by atoms with van der Waals surface area (Å²) in [5.41, 5.74) is 0.920. The lowest BCUT2D eigenvalue weighted by Gasteiger charge is -2.18. The molecule has 8 nitrogen and oxygen atoms in total. The van der Waals surface area contributed by atoms with Crippen molar-refractivity contribution in [1.82, 2.24) is 9.97 Å². The van der Waals surface area contributed by atoms with Gasteiger partial charge in [-0.15, -0.1) is 0 Å². The highest BCUT2D eigenvalue weighted by Gasteiger charge is 2.26. The topological polar surface area (TPSA) is 96.2 Å². The SMILES string of the molecule is O=[N+]([O-])c1cnc(Nc2ccc(N3CCCC3)c(F)c2)nc1NC1CC1. The van der Waals surface area contributed by atoms with Gasteiger partial charge < -0.3 is 15.5 Å². The first kappa shape index (κ1) is 16.5. The molecule has 1 aliphatic heterocycles. The highest BCUT2D eigenvalue weighted by Crippen LogP contribution is 2.31. The van der Waals surface area contributed by atoms with Gasteiger partial charge >= 0.3 is 5.69 Å². The standard InChI is InChI=1S/C17H19FN6O2/c18-13-9-12(5-6-14(13)23-7-1-2-8-23)21-17-19-10-15(24(25)26)16(22-17)20-11-3-4-11/h5-6,9-11H,1-4,7-8H2,(H2,19,20,21,22). The molecule has 2 fully saturated rings. The van der Waals surface area contributed by atoms with Gasteiger partial charge in [0.15, 0.2) is 0 Å². The maximum atomic E-state index is 14.4. The second kappa shape index (κ2) is 6.74. The number of nitrogens with one attached hydrogen (secondary N) is 2. The van der Waals surface area contributed by atoms with Crippen LogP contribution in [-0.4, -0.2) is 34.0 Å². The molecule has 1 saturated heterocycles. The van der Waals surface area contributed by atoms with Gasteiger partial charge in [0.25, 0.3) is 0 Å². The molecule has 2 heterocycles. The predicted molar refractivity (Wildman–Crippen MR) is 96.5 cm³/mol. The quantitative estimate of drug-likeness (QED) is 0.603. The van der Waals surface area contributed by atoms with Crippen LogP contribution in [0.3, 0.4) is 0 Å². The molecule has 2 N–H and O–H groups in total. The zero-order valence-electron chi connectivity index (χ0n) is 14.1. The van der Waals surface area contributed by atoms with Gasteiger partial charge in [0, 0.05) is 24.8 Å². The number of aromatic nitrogens is 2. The maximum absolute atomic E-state index is 14.4. The Kier molecular flexibility index (Phi) is 4.27. The largest absolute Gasteiger partial charge is 0.369 e. The van der Waals surface area contributed by atoms with Gasteiger partial charge in [0.1, 0.15) is 12.0 Å². The normalized spacial score (nSPS) is 16.6. The molecule has 2 aliphatic rings. The molecular weight excluding hydrogens is 339 g/mol. The van der Waals surface area contributed by atoms with Gasteiger partial charge in [-0.1, -0.05) is 0 Å². The second-order valence-corrected chi connectivity index (χ2v) is 6.59. The number of halogens is 1. The van der Waals surface area contributed by atoms with Crippen LogP contribution in [0.15, 0.2) is 24.4 Å². The van der Waals surface area contributed by atoms with Gasteiger partial charge in [-0.3, -0.25) is 10.1 Å². The predicted octanol–water partition coefficient (Wildman–Crippen LogP) is 3.44. The van der Waals surface area contributed by atoms with Crippen LogP contribution in [0.1, 0.15) is 25.7 Å². The summed E-state index contributed by atoms with van der Waals surface area (Å²) < 4.78 is 14.4. The van der Waals surface area contributed by atoms with Gasteiger partial charge in [-0.05, 0) is 43.9 Å². The second-order valence-electron chi connectivity index (χ2n) is 6.59. The van der Waals surface area contributed by atoms with E-state index >= 15 is 0 Å². The number of nitrogens with zero attached hydrogens (tertiary/aromatic N) is 4. The van der Waals surface area contributed by atoms with Crippen molar-refractivity contribution in [3.05, 3.63) is 40.3 Å². The Balaban J connectivity index is 1.54. The van der Waals surface area contributed by atoms with Crippen molar-refractivity contribution in [3.63, 3.8) is 0 Å². The molecule has 0 atom stereocenters. The van der Waals surface area contributed by atoms with Crippen molar-refractivity contribution in [2.75, 3.05) is 28.6 Å². The molecule has 0 unspecified atom stereocenters. The molecule has 9 heteroatoms. The van der Waals surface area contributed by atoms with E-state index in [2.05, 4.69) is 20.6 Å². The van der Waals surface area contributed by atoms with E-state index in [4.69, 9.17) is 0 Å². The summed E-state index contributed by atoms with van der Waals surface area (Å²) >= 11 is 0. The minimum atomic E-state index is -0.515. The molecule has 0 bridgehead atoms. The third-order valence-corrected chi connectivity index (χ3v) is 4.53. The van der Waals surface area contributed by atoms with E-state index < -0.39 is 4.92 Å². The molecule has 0 amide bonds. The van der Waals surface area contributed by atoms with E-state index in [1.807, 2.05) is 4.90 Å². The lowest BCUT2D eigenvalue weighted by Crippen LogP contribution is -2.18. The summed E-state index contributed by atoms with van der Waals surface area (Å²) in [6.45, 7) is 1.73. The zero-order chi connectivity index (χ0) is 18.1. The Bertz CT molecular complexity index is 836. The van der Waals surface area contributed by atoms with Crippen LogP contribution in [0.2, 0.25) is 0 Å². The number of anilines is 4. The van der Waals surface area contributed by atoms with Crippen molar-refractivity contribution < 1.29 is 9.31 Å². The first-order valence-corrected chi connectivity index (χ1v) is 8.69. The van der Waals surface area contributed by atoms with Crippen LogP contribution in [0.5, 0.6) is 0 Å². The highest BCUT2D eigenvalue weighted by molar-refractivity contribution is 5.63. The number of rotatable bonds is 6. The average Bonchev–Trinajstić information content (AvgIpc) is 3.25. The number of nitro groups is 1. The Morgan fingerprint density at radius 1 is 1.27 bits per heavy atom. The summed E-state index contributed by atoms with van der Waals surface area (Å²) in [5.74, 6) is 0.0615. The van der Waals surface area contributed by atoms with Crippen LogP contribution in [0.25, 0.3) is 0 Å². The number of hydrogen-bond donors (Lipinski definition) is 2. The first-order valence-electron chi connectivity index (χ1n) is 8.69. The molecule has 1 aliphatic carbocycles. The van der Waals surface area contributed by atoms with Crippen molar-refractivity contribution in [3.8, 4) is 0 Å². The van der Waals surface area contributed by atoms with Crippen LogP contribution in [0, 0.1) is 15.9 Å². The summed E-state index contributed by atoms with van der Waals surface area (Å²) in [5, 5.41) is 17.1. The Morgan fingerprint density at radius 3 is 2.69 bits per heavy atom. The van der Waals surface area contributed by atoms with E-state index in [1.165, 1.54) is 6.07 Å². The van der Waals surface area contributed by atoms with Gasteiger partial charge in [0.2, 0.25) is 11.8 Å². The van der Waals surface area contributed by atoms with Crippen LogP contribution >= 0.6 is 0 Å². The summed E-state index contributed by atoms with van der Waals surface area (Å²) in [4.78, 5) is 20.8. The van der Waals surface area contributed by atoms with Crippen molar-refractivity contribution in [2.45, 2.75) is 31.7 Å². The Morgan fingerprint density at radius 2 is 2.04 bits per heavy atom. The van der Waals surface area contributed by atoms with E-state index in [9.17, 15) is 14.5 Å². The van der Waals surface area contributed by atoms with E-state index in [0.29, 0.717) is 11.4 Å². The summed E-state index contributed by atoms with van der Waals surface area (Å²) in [6, 6.07) is 5.10. The minimum Gasteiger partial charge on any atom is -0.369 e. The molecule has 1 saturated carbocycles. The van der Waals surface area contributed by atoms with Crippen LogP contribution in [0.4, 0.5) is 33.2 Å². The molecule has 0 radical (unpaired) electrons. The molecule has 136 valence electrons. The van der Waals surface area contributed by atoms with Crippen molar-refractivity contribution in [2.24, 2.45) is 0 Å². The first-order chi connectivity index (χ1) is 12.6. The molecular formula is C17H19FN6O2. The van der Waals surface area contributed by atoms with Gasteiger partial charge in [-0.2, -0.15) is 4.98 Å². The van der Waals surface area contributed by atoms with Crippen LogP contribution in [-0.2, 0) is 0 Å². The Hall–Kier alpha value is -2.97. The summed E-state index contributed by atoms with van der Waals surface area (Å²) in [6.07, 6.45) is 5.24. The fourth-order valence-electron chi connectivity index (χ4n) is 3.02. The number of benzene rings is 1. The molecule has 4 rings (SSSR count). The monoisotopic (exact) mass is 358 g/mol. The lowest BCUT2D eigenvalue weighted by atomic mass is 10.2. The lowest BCUT2D eigenvalue weighted by molar-refractivity contribution is -0.384. The third kappa shape index (κ3) is 3.51. The molecule has 0 spiro atoms. The molecule has 1 aromatic carbocycles. The van der Waals surface area contributed by atoms with E-state index in [0.717, 1.165) is 45.0 Å². The van der Waals surface area contributed by atoms with E-state index in [1.54, 1.807) is 12.1 Å². The summed E-state index contributed by atoms with van der Waals surface area (Å²) in [7, 11) is 0. The maximum Gasteiger partial charge on any atom is 0.329 e. The zero-order valence-corrected chi connectivity index (χ0v) is 14.1. The third-order valence-electron chi connectivity index (χ3n) is 4.53. The molecule has 1 aromatic heterocycles. The fourth-order valence-corrected chi connectivity index (χ4v) is 3.02. The highest BCUT2D eigenvalue weighted by atomic mass is 19.1. The van der Waals surface area contributed by atoms with Gasteiger partial charge in [0.05, 0.1) is 10.6 Å². The molecule has 2 aromatic rings. The average molecular weight is 358 g/mol. The van der Waals surface area contributed by atoms with Crippen LogP contribution < -0.4 is 15.5 Å². The fraction of sp³-hybridized carbons (Fsp3) is 0.412. The van der Waals surface area contributed by atoms with Crippen molar-refractivity contribution in [1.29, 1.82) is 0 Å². The Labute approximate surface area is 149 Å². The number of hydrogen-bond acceptors (Lipinski definition) is 7. The minimum absolute atomic E-state index is 0.169. The van der Waals surface area contributed by atoms with E-state index in [-0.39, 0.29) is 29.3 Å². The van der Waals surface area contributed by atoms with Gasteiger partial charge in [-0.25, -0.2) is 9.37 Å².